The van der Waals surface area contributed by atoms with E-state index in [0.717, 1.165) is 44.9 Å². The minimum absolute atomic E-state index is 0.0363. The summed E-state index contributed by atoms with van der Waals surface area (Å²) in [6, 6.07) is 0.217. The molecule has 2 unspecified atom stereocenters. The molecule has 0 aliphatic heterocycles. The van der Waals surface area contributed by atoms with Crippen molar-refractivity contribution in [3.8, 4) is 0 Å². The first-order valence-corrected chi connectivity index (χ1v) is 7.13. The second-order valence-corrected chi connectivity index (χ2v) is 5.93. The molecule has 0 radical (unpaired) electrons. The van der Waals surface area contributed by atoms with E-state index in [4.69, 9.17) is 22.7 Å². The SMILES string of the molecule is COC1CCC(NC(=O)C2(C(N)=S)CCCC2)C1. The zero-order valence-electron chi connectivity index (χ0n) is 10.9. The lowest BCUT2D eigenvalue weighted by molar-refractivity contribution is -0.128. The smallest absolute Gasteiger partial charge is 0.233 e. The van der Waals surface area contributed by atoms with E-state index in [0.29, 0.717) is 4.99 Å². The van der Waals surface area contributed by atoms with Crippen LogP contribution in [0.3, 0.4) is 0 Å². The molecule has 4 nitrogen and oxygen atoms in total. The maximum atomic E-state index is 12.4. The van der Waals surface area contributed by atoms with Gasteiger partial charge in [0.1, 0.15) is 0 Å². The topological polar surface area (TPSA) is 64.3 Å². The highest BCUT2D eigenvalue weighted by Gasteiger charge is 2.44. The summed E-state index contributed by atoms with van der Waals surface area (Å²) in [7, 11) is 1.72. The van der Waals surface area contributed by atoms with Crippen molar-refractivity contribution in [1.82, 2.24) is 5.32 Å². The van der Waals surface area contributed by atoms with Crippen LogP contribution in [0.4, 0.5) is 0 Å². The fraction of sp³-hybridized carbons (Fsp3) is 0.846. The number of rotatable bonds is 4. The zero-order valence-corrected chi connectivity index (χ0v) is 11.7. The van der Waals surface area contributed by atoms with Gasteiger partial charge in [-0.2, -0.15) is 0 Å². The van der Waals surface area contributed by atoms with Gasteiger partial charge in [0.2, 0.25) is 5.91 Å². The van der Waals surface area contributed by atoms with Crippen molar-refractivity contribution in [3.05, 3.63) is 0 Å². The Balaban J connectivity index is 1.96. The van der Waals surface area contributed by atoms with E-state index >= 15 is 0 Å². The minimum atomic E-state index is -0.583. The Morgan fingerprint density at radius 2 is 2.06 bits per heavy atom. The van der Waals surface area contributed by atoms with E-state index in [2.05, 4.69) is 5.32 Å². The summed E-state index contributed by atoms with van der Waals surface area (Å²) in [6.07, 6.45) is 6.85. The maximum Gasteiger partial charge on any atom is 0.233 e. The van der Waals surface area contributed by atoms with Gasteiger partial charge >= 0.3 is 0 Å². The molecular weight excluding hydrogens is 248 g/mol. The second-order valence-electron chi connectivity index (χ2n) is 5.49. The van der Waals surface area contributed by atoms with E-state index in [9.17, 15) is 4.79 Å². The van der Waals surface area contributed by atoms with E-state index in [1.807, 2.05) is 0 Å². The largest absolute Gasteiger partial charge is 0.392 e. The molecule has 0 bridgehead atoms. The van der Waals surface area contributed by atoms with E-state index in [1.54, 1.807) is 7.11 Å². The van der Waals surface area contributed by atoms with Crippen LogP contribution in [0, 0.1) is 5.41 Å². The molecule has 0 aromatic carbocycles. The van der Waals surface area contributed by atoms with Gasteiger partial charge in [-0.1, -0.05) is 25.1 Å². The van der Waals surface area contributed by atoms with Crippen LogP contribution in [-0.2, 0) is 9.53 Å². The molecule has 5 heteroatoms. The van der Waals surface area contributed by atoms with Gasteiger partial charge in [-0.3, -0.25) is 4.79 Å². The van der Waals surface area contributed by atoms with Crippen molar-refractivity contribution in [2.45, 2.75) is 57.1 Å². The zero-order chi connectivity index (χ0) is 13.2. The van der Waals surface area contributed by atoms with Crippen LogP contribution < -0.4 is 11.1 Å². The fourth-order valence-corrected chi connectivity index (χ4v) is 3.47. The molecule has 102 valence electrons. The lowest BCUT2D eigenvalue weighted by Gasteiger charge is -2.28. The van der Waals surface area contributed by atoms with Crippen LogP contribution in [0.25, 0.3) is 0 Å². The standard InChI is InChI=1S/C13H22N2O2S/c1-17-10-5-4-9(8-10)15-12(16)13(11(14)18)6-2-3-7-13/h9-10H,2-8H2,1H3,(H2,14,18)(H,15,16). The van der Waals surface area contributed by atoms with Gasteiger partial charge in [-0.05, 0) is 32.1 Å². The molecule has 3 N–H and O–H groups in total. The van der Waals surface area contributed by atoms with Gasteiger partial charge in [0.15, 0.2) is 0 Å². The van der Waals surface area contributed by atoms with Crippen LogP contribution in [-0.4, -0.2) is 30.2 Å². The molecule has 2 fully saturated rings. The molecule has 0 saturated heterocycles. The van der Waals surface area contributed by atoms with Gasteiger partial charge in [-0.25, -0.2) is 0 Å². The Kier molecular flexibility index (Phi) is 4.22. The third-order valence-electron chi connectivity index (χ3n) is 4.42. The number of ether oxygens (including phenoxy) is 1. The molecule has 2 aliphatic carbocycles. The number of nitrogens with two attached hydrogens (primary N) is 1. The van der Waals surface area contributed by atoms with Crippen LogP contribution >= 0.6 is 12.2 Å². The highest BCUT2D eigenvalue weighted by molar-refractivity contribution is 7.80. The third-order valence-corrected chi connectivity index (χ3v) is 4.81. The number of methoxy groups -OCH3 is 1. The van der Waals surface area contributed by atoms with Gasteiger partial charge in [-0.15, -0.1) is 0 Å². The summed E-state index contributed by atoms with van der Waals surface area (Å²) in [6.45, 7) is 0. The molecule has 2 saturated carbocycles. The molecule has 0 aromatic rings. The van der Waals surface area contributed by atoms with E-state index < -0.39 is 5.41 Å². The molecular formula is C13H22N2O2S. The molecule has 2 atom stereocenters. The Morgan fingerprint density at radius 3 is 2.56 bits per heavy atom. The first-order chi connectivity index (χ1) is 8.58. The number of carbonyl (C=O) groups excluding carboxylic acids is 1. The average molecular weight is 270 g/mol. The first-order valence-electron chi connectivity index (χ1n) is 6.72. The van der Waals surface area contributed by atoms with E-state index in [1.165, 1.54) is 0 Å². The number of carbonyl (C=O) groups is 1. The minimum Gasteiger partial charge on any atom is -0.392 e. The molecule has 1 amide bonds. The van der Waals surface area contributed by atoms with Crippen LogP contribution in [0.15, 0.2) is 0 Å². The Bertz CT molecular complexity index is 340. The van der Waals surface area contributed by atoms with E-state index in [-0.39, 0.29) is 18.1 Å². The van der Waals surface area contributed by atoms with Crippen molar-refractivity contribution in [2.75, 3.05) is 7.11 Å². The molecule has 18 heavy (non-hydrogen) atoms. The summed E-state index contributed by atoms with van der Waals surface area (Å²) in [5, 5.41) is 3.12. The third kappa shape index (κ3) is 2.52. The van der Waals surface area contributed by atoms with Gasteiger partial charge in [0.25, 0.3) is 0 Å². The van der Waals surface area contributed by atoms with Crippen LogP contribution in [0.5, 0.6) is 0 Å². The Hall–Kier alpha value is -0.680. The summed E-state index contributed by atoms with van der Waals surface area (Å²) < 4.78 is 5.32. The predicted octanol–water partition coefficient (Wildman–Crippen LogP) is 1.52. The molecule has 2 aliphatic rings. The summed E-state index contributed by atoms with van der Waals surface area (Å²) in [4.78, 5) is 12.8. The predicted molar refractivity (Wildman–Crippen MR) is 74.3 cm³/mol. The normalized spacial score (nSPS) is 30.3. The second kappa shape index (κ2) is 5.53. The van der Waals surface area contributed by atoms with Crippen LogP contribution in [0.1, 0.15) is 44.9 Å². The lowest BCUT2D eigenvalue weighted by Crippen LogP contribution is -2.49. The van der Waals surface area contributed by atoms with Gasteiger partial charge in [0.05, 0.1) is 16.5 Å². The van der Waals surface area contributed by atoms with Gasteiger partial charge in [0, 0.05) is 13.2 Å². The highest BCUT2D eigenvalue weighted by Crippen LogP contribution is 2.39. The summed E-state index contributed by atoms with van der Waals surface area (Å²) in [5.74, 6) is 0.0363. The van der Waals surface area contributed by atoms with Crippen LogP contribution in [0.2, 0.25) is 0 Å². The number of thiocarbonyl (C=S) groups is 1. The molecule has 0 spiro atoms. The Morgan fingerprint density at radius 1 is 1.39 bits per heavy atom. The molecule has 2 rings (SSSR count). The van der Waals surface area contributed by atoms with Crippen molar-refractivity contribution in [1.29, 1.82) is 0 Å². The summed E-state index contributed by atoms with van der Waals surface area (Å²) in [5.41, 5.74) is 5.22. The number of hydrogen-bond donors (Lipinski definition) is 2. The highest BCUT2D eigenvalue weighted by atomic mass is 32.1. The average Bonchev–Trinajstić information content (AvgIpc) is 2.97. The number of amides is 1. The number of nitrogens with one attached hydrogen (secondary N) is 1. The maximum absolute atomic E-state index is 12.4. The lowest BCUT2D eigenvalue weighted by atomic mass is 9.84. The van der Waals surface area contributed by atoms with Crippen molar-refractivity contribution in [2.24, 2.45) is 11.1 Å². The first kappa shape index (κ1) is 13.7. The quantitative estimate of drug-likeness (QED) is 0.760. The van der Waals surface area contributed by atoms with Gasteiger partial charge < -0.3 is 15.8 Å². The number of hydrogen-bond acceptors (Lipinski definition) is 3. The van der Waals surface area contributed by atoms with Crippen molar-refractivity contribution in [3.63, 3.8) is 0 Å². The van der Waals surface area contributed by atoms with Crippen molar-refractivity contribution < 1.29 is 9.53 Å². The monoisotopic (exact) mass is 270 g/mol. The fourth-order valence-electron chi connectivity index (χ4n) is 3.17. The molecule has 0 aromatic heterocycles. The summed E-state index contributed by atoms with van der Waals surface area (Å²) >= 11 is 5.12. The Labute approximate surface area is 114 Å². The van der Waals surface area contributed by atoms with Crippen molar-refractivity contribution >= 4 is 23.1 Å². The molecule has 0 heterocycles.